The summed E-state index contributed by atoms with van der Waals surface area (Å²) >= 11 is 0. The van der Waals surface area contributed by atoms with E-state index in [4.69, 9.17) is 4.74 Å². The van der Waals surface area contributed by atoms with Gasteiger partial charge >= 0.3 is 0 Å². The zero-order valence-electron chi connectivity index (χ0n) is 9.25. The van der Waals surface area contributed by atoms with E-state index in [-0.39, 0.29) is 5.41 Å². The molecule has 0 heterocycles. The third kappa shape index (κ3) is 2.04. The van der Waals surface area contributed by atoms with Crippen molar-refractivity contribution in [3.63, 3.8) is 0 Å². The van der Waals surface area contributed by atoms with Crippen LogP contribution in [0.1, 0.15) is 25.3 Å². The molecule has 0 aliphatic heterocycles. The molecule has 2 rings (SSSR count). The SMILES string of the molecule is Cc1cccc(OCC2(C)CCC2=O)c1. The van der Waals surface area contributed by atoms with Crippen LogP contribution in [-0.2, 0) is 4.79 Å². The summed E-state index contributed by atoms with van der Waals surface area (Å²) in [5.41, 5.74) is 0.946. The topological polar surface area (TPSA) is 26.3 Å². The molecule has 0 radical (unpaired) electrons. The van der Waals surface area contributed by atoms with E-state index in [0.29, 0.717) is 18.8 Å². The lowest BCUT2D eigenvalue weighted by Crippen LogP contribution is -2.42. The Bertz CT molecular complexity index is 384. The van der Waals surface area contributed by atoms with E-state index in [1.807, 2.05) is 38.1 Å². The predicted molar refractivity (Wildman–Crippen MR) is 59.0 cm³/mol. The minimum atomic E-state index is -0.232. The molecule has 0 N–H and O–H groups in total. The van der Waals surface area contributed by atoms with E-state index in [1.54, 1.807) is 0 Å². The highest BCUT2D eigenvalue weighted by atomic mass is 16.5. The third-order valence-corrected chi connectivity index (χ3v) is 3.12. The standard InChI is InChI=1S/C13H16O2/c1-10-4-3-5-11(8-10)15-9-13(2)7-6-12(13)14/h3-5,8H,6-7,9H2,1-2H3. The maximum absolute atomic E-state index is 11.4. The first-order valence-corrected chi connectivity index (χ1v) is 5.33. The average molecular weight is 204 g/mol. The molecular formula is C13H16O2. The number of carbonyl (C=O) groups excluding carboxylic acids is 1. The van der Waals surface area contributed by atoms with Crippen LogP contribution >= 0.6 is 0 Å². The maximum Gasteiger partial charge on any atom is 0.142 e. The second-order valence-corrected chi connectivity index (χ2v) is 4.59. The van der Waals surface area contributed by atoms with Crippen LogP contribution < -0.4 is 4.74 Å². The highest BCUT2D eigenvalue weighted by Crippen LogP contribution is 2.36. The van der Waals surface area contributed by atoms with Gasteiger partial charge in [0.1, 0.15) is 18.1 Å². The minimum absolute atomic E-state index is 0.232. The van der Waals surface area contributed by atoms with E-state index in [9.17, 15) is 4.79 Å². The number of ether oxygens (including phenoxy) is 1. The molecule has 0 saturated heterocycles. The van der Waals surface area contributed by atoms with Gasteiger partial charge in [-0.05, 0) is 38.0 Å². The quantitative estimate of drug-likeness (QED) is 0.756. The first-order valence-electron chi connectivity index (χ1n) is 5.33. The molecule has 0 aromatic heterocycles. The van der Waals surface area contributed by atoms with Crippen molar-refractivity contribution < 1.29 is 9.53 Å². The van der Waals surface area contributed by atoms with Gasteiger partial charge in [0.15, 0.2) is 0 Å². The second kappa shape index (κ2) is 3.69. The first kappa shape index (κ1) is 10.2. The van der Waals surface area contributed by atoms with Crippen molar-refractivity contribution in [2.75, 3.05) is 6.61 Å². The summed E-state index contributed by atoms with van der Waals surface area (Å²) in [4.78, 5) is 11.4. The summed E-state index contributed by atoms with van der Waals surface area (Å²) < 4.78 is 5.64. The lowest BCUT2D eigenvalue weighted by Gasteiger charge is -2.35. The van der Waals surface area contributed by atoms with Crippen molar-refractivity contribution in [1.29, 1.82) is 0 Å². The number of ketones is 1. The summed E-state index contributed by atoms with van der Waals surface area (Å²) in [5, 5.41) is 0. The molecule has 1 aliphatic rings. The van der Waals surface area contributed by atoms with Gasteiger partial charge in [0.05, 0.1) is 5.41 Å². The highest BCUT2D eigenvalue weighted by Gasteiger charge is 2.42. The molecule has 0 spiro atoms. The molecule has 1 aromatic rings. The number of carbonyl (C=O) groups is 1. The van der Waals surface area contributed by atoms with Gasteiger partial charge < -0.3 is 4.74 Å². The van der Waals surface area contributed by atoms with Gasteiger partial charge in [0.2, 0.25) is 0 Å². The minimum Gasteiger partial charge on any atom is -0.493 e. The van der Waals surface area contributed by atoms with Gasteiger partial charge in [-0.2, -0.15) is 0 Å². The zero-order chi connectivity index (χ0) is 10.9. The molecule has 1 saturated carbocycles. The number of hydrogen-bond acceptors (Lipinski definition) is 2. The van der Waals surface area contributed by atoms with Crippen molar-refractivity contribution in [2.45, 2.75) is 26.7 Å². The van der Waals surface area contributed by atoms with E-state index < -0.39 is 0 Å². The molecule has 80 valence electrons. The lowest BCUT2D eigenvalue weighted by molar-refractivity contribution is -0.139. The summed E-state index contributed by atoms with van der Waals surface area (Å²) in [6.45, 7) is 4.52. The van der Waals surface area contributed by atoms with Gasteiger partial charge in [-0.25, -0.2) is 0 Å². The Morgan fingerprint density at radius 1 is 1.47 bits per heavy atom. The summed E-state index contributed by atoms with van der Waals surface area (Å²) in [6.07, 6.45) is 1.67. The summed E-state index contributed by atoms with van der Waals surface area (Å²) in [5.74, 6) is 1.19. The van der Waals surface area contributed by atoms with Crippen molar-refractivity contribution in [3.8, 4) is 5.75 Å². The lowest BCUT2D eigenvalue weighted by atomic mass is 9.70. The molecule has 0 bridgehead atoms. The fraction of sp³-hybridized carbons (Fsp3) is 0.462. The van der Waals surface area contributed by atoms with Crippen LogP contribution in [0, 0.1) is 12.3 Å². The van der Waals surface area contributed by atoms with E-state index in [2.05, 4.69) is 0 Å². The number of hydrogen-bond donors (Lipinski definition) is 0. The van der Waals surface area contributed by atoms with Crippen molar-refractivity contribution >= 4 is 5.78 Å². The number of rotatable bonds is 3. The number of benzene rings is 1. The molecule has 2 heteroatoms. The molecule has 1 aromatic carbocycles. The highest BCUT2D eigenvalue weighted by molar-refractivity contribution is 5.90. The van der Waals surface area contributed by atoms with E-state index in [1.165, 1.54) is 5.56 Å². The third-order valence-electron chi connectivity index (χ3n) is 3.12. The molecule has 1 fully saturated rings. The fourth-order valence-electron chi connectivity index (χ4n) is 1.75. The van der Waals surface area contributed by atoms with Crippen molar-refractivity contribution in [2.24, 2.45) is 5.41 Å². The van der Waals surface area contributed by atoms with Crippen LogP contribution in [0.2, 0.25) is 0 Å². The monoisotopic (exact) mass is 204 g/mol. The van der Waals surface area contributed by atoms with Crippen LogP contribution in [0.5, 0.6) is 5.75 Å². The zero-order valence-corrected chi connectivity index (χ0v) is 9.25. The second-order valence-electron chi connectivity index (χ2n) is 4.59. The smallest absolute Gasteiger partial charge is 0.142 e. The molecule has 15 heavy (non-hydrogen) atoms. The van der Waals surface area contributed by atoms with Crippen LogP contribution in [0.15, 0.2) is 24.3 Å². The van der Waals surface area contributed by atoms with E-state index in [0.717, 1.165) is 12.2 Å². The molecule has 2 nitrogen and oxygen atoms in total. The fourth-order valence-corrected chi connectivity index (χ4v) is 1.75. The number of aryl methyl sites for hydroxylation is 1. The molecule has 1 aliphatic carbocycles. The van der Waals surface area contributed by atoms with Crippen LogP contribution in [0.25, 0.3) is 0 Å². The molecule has 0 amide bonds. The van der Waals surface area contributed by atoms with Crippen molar-refractivity contribution in [1.82, 2.24) is 0 Å². The van der Waals surface area contributed by atoms with Crippen LogP contribution in [0.3, 0.4) is 0 Å². The Kier molecular flexibility index (Phi) is 2.51. The Labute approximate surface area is 90.3 Å². The average Bonchev–Trinajstić information content (AvgIpc) is 2.24. The molecular weight excluding hydrogens is 188 g/mol. The summed E-state index contributed by atoms with van der Waals surface area (Å²) in [6, 6.07) is 7.92. The Morgan fingerprint density at radius 2 is 2.27 bits per heavy atom. The van der Waals surface area contributed by atoms with Gasteiger partial charge in [-0.3, -0.25) is 4.79 Å². The Balaban J connectivity index is 1.96. The Hall–Kier alpha value is -1.31. The van der Waals surface area contributed by atoms with Crippen molar-refractivity contribution in [3.05, 3.63) is 29.8 Å². The number of Topliss-reactive ketones (excluding diaryl/α,β-unsaturated/α-hetero) is 1. The Morgan fingerprint density at radius 3 is 2.80 bits per heavy atom. The van der Waals surface area contributed by atoms with Gasteiger partial charge in [-0.1, -0.05) is 12.1 Å². The first-order chi connectivity index (χ1) is 7.10. The van der Waals surface area contributed by atoms with Crippen LogP contribution in [0.4, 0.5) is 0 Å². The van der Waals surface area contributed by atoms with Gasteiger partial charge in [-0.15, -0.1) is 0 Å². The normalized spacial score (nSPS) is 24.8. The predicted octanol–water partition coefficient (Wildman–Crippen LogP) is 2.74. The largest absolute Gasteiger partial charge is 0.493 e. The molecule has 1 atom stereocenters. The van der Waals surface area contributed by atoms with Gasteiger partial charge in [0, 0.05) is 6.42 Å². The maximum atomic E-state index is 11.4. The molecule has 1 unspecified atom stereocenters. The van der Waals surface area contributed by atoms with E-state index >= 15 is 0 Å². The van der Waals surface area contributed by atoms with Crippen LogP contribution in [-0.4, -0.2) is 12.4 Å². The van der Waals surface area contributed by atoms with Gasteiger partial charge in [0.25, 0.3) is 0 Å². The summed E-state index contributed by atoms with van der Waals surface area (Å²) in [7, 11) is 0.